The summed E-state index contributed by atoms with van der Waals surface area (Å²) in [4.78, 5) is 0. The molecule has 3 heteroatoms. The minimum absolute atomic E-state index is 0.0547. The predicted molar refractivity (Wildman–Crippen MR) is 81.6 cm³/mol. The van der Waals surface area contributed by atoms with Gasteiger partial charge in [0, 0.05) is 22.5 Å². The molecule has 19 heavy (non-hydrogen) atoms. The van der Waals surface area contributed by atoms with Gasteiger partial charge in [0.2, 0.25) is 0 Å². The number of benzene rings is 1. The van der Waals surface area contributed by atoms with Crippen LogP contribution < -0.4 is 10.1 Å². The van der Waals surface area contributed by atoms with Crippen molar-refractivity contribution in [2.24, 2.45) is 5.92 Å². The summed E-state index contributed by atoms with van der Waals surface area (Å²) in [7, 11) is 2.06. The van der Waals surface area contributed by atoms with Crippen molar-refractivity contribution < 1.29 is 4.74 Å². The van der Waals surface area contributed by atoms with E-state index in [-0.39, 0.29) is 5.60 Å². The van der Waals surface area contributed by atoms with Crippen LogP contribution in [0.3, 0.4) is 0 Å². The normalized spacial score (nSPS) is 33.8. The number of fused-ring (bicyclic) bond motifs is 1. The first-order chi connectivity index (χ1) is 9.12. The number of nitrogens with one attached hydrogen (secondary N) is 1. The van der Waals surface area contributed by atoms with E-state index < -0.39 is 0 Å². The molecule has 1 N–H and O–H groups in total. The van der Waals surface area contributed by atoms with Crippen LogP contribution in [0.1, 0.15) is 50.6 Å². The molecule has 0 amide bonds. The van der Waals surface area contributed by atoms with Crippen LogP contribution in [0.15, 0.2) is 22.7 Å². The van der Waals surface area contributed by atoms with Crippen molar-refractivity contribution in [2.75, 3.05) is 7.05 Å². The summed E-state index contributed by atoms with van der Waals surface area (Å²) in [5, 5.41) is 3.47. The van der Waals surface area contributed by atoms with Gasteiger partial charge in [-0.3, -0.25) is 0 Å². The van der Waals surface area contributed by atoms with E-state index in [9.17, 15) is 0 Å². The van der Waals surface area contributed by atoms with E-state index in [1.807, 2.05) is 0 Å². The van der Waals surface area contributed by atoms with Gasteiger partial charge in [-0.15, -0.1) is 0 Å². The van der Waals surface area contributed by atoms with Gasteiger partial charge in [0.1, 0.15) is 11.4 Å². The molecule has 1 aliphatic carbocycles. The smallest absolute Gasteiger partial charge is 0.126 e. The van der Waals surface area contributed by atoms with Gasteiger partial charge >= 0.3 is 0 Å². The number of hydrogen-bond donors (Lipinski definition) is 1. The Hall–Kier alpha value is -0.540. The van der Waals surface area contributed by atoms with Gasteiger partial charge in [-0.05, 0) is 44.4 Å². The Labute approximate surface area is 124 Å². The highest BCUT2D eigenvalue weighted by molar-refractivity contribution is 9.10. The first-order valence-corrected chi connectivity index (χ1v) is 8.07. The highest BCUT2D eigenvalue weighted by Crippen LogP contribution is 2.47. The Kier molecular flexibility index (Phi) is 3.61. The number of ether oxygens (including phenoxy) is 1. The molecule has 1 aromatic carbocycles. The molecule has 3 atom stereocenters. The van der Waals surface area contributed by atoms with Crippen molar-refractivity contribution in [3.63, 3.8) is 0 Å². The largest absolute Gasteiger partial charge is 0.487 e. The van der Waals surface area contributed by atoms with Crippen molar-refractivity contribution in [3.05, 3.63) is 28.2 Å². The zero-order chi connectivity index (χ0) is 13.5. The Morgan fingerprint density at radius 2 is 2.21 bits per heavy atom. The second-order valence-corrected chi connectivity index (χ2v) is 7.13. The summed E-state index contributed by atoms with van der Waals surface area (Å²) in [5.41, 5.74) is 1.36. The van der Waals surface area contributed by atoms with Gasteiger partial charge in [0.15, 0.2) is 0 Å². The Morgan fingerprint density at radius 3 is 2.95 bits per heavy atom. The molecule has 0 aromatic heterocycles. The highest BCUT2D eigenvalue weighted by atomic mass is 79.9. The van der Waals surface area contributed by atoms with Crippen molar-refractivity contribution in [1.29, 1.82) is 0 Å². The zero-order valence-corrected chi connectivity index (χ0v) is 13.3. The lowest BCUT2D eigenvalue weighted by Gasteiger charge is -2.46. The van der Waals surface area contributed by atoms with Crippen molar-refractivity contribution >= 4 is 15.9 Å². The summed E-state index contributed by atoms with van der Waals surface area (Å²) < 4.78 is 7.57. The predicted octanol–water partition coefficient (Wildman–Crippen LogP) is 4.44. The lowest BCUT2D eigenvalue weighted by Crippen LogP contribution is -2.46. The maximum Gasteiger partial charge on any atom is 0.126 e. The summed E-state index contributed by atoms with van der Waals surface area (Å²) >= 11 is 3.56. The van der Waals surface area contributed by atoms with E-state index in [0.717, 1.165) is 22.6 Å². The van der Waals surface area contributed by atoms with Crippen LogP contribution >= 0.6 is 15.9 Å². The van der Waals surface area contributed by atoms with Crippen LogP contribution in [0, 0.1) is 5.92 Å². The quantitative estimate of drug-likeness (QED) is 0.824. The number of hydrogen-bond acceptors (Lipinski definition) is 2. The van der Waals surface area contributed by atoms with E-state index in [4.69, 9.17) is 4.74 Å². The SMILES string of the molecule is CNC1CC2(CCCC(C)C2)Oc2cc(Br)ccc21. The van der Waals surface area contributed by atoms with Crippen LogP contribution in [-0.2, 0) is 0 Å². The molecule has 1 heterocycles. The van der Waals surface area contributed by atoms with Gasteiger partial charge in [-0.25, -0.2) is 0 Å². The van der Waals surface area contributed by atoms with Crippen LogP contribution in [0.4, 0.5) is 0 Å². The topological polar surface area (TPSA) is 21.3 Å². The van der Waals surface area contributed by atoms with Crippen molar-refractivity contribution in [3.8, 4) is 5.75 Å². The molecule has 2 aliphatic rings. The summed E-state index contributed by atoms with van der Waals surface area (Å²) in [6.07, 6.45) is 6.13. The standard InChI is InChI=1S/C16H22BrNO/c1-11-4-3-7-16(9-11)10-14(18-2)13-6-5-12(17)8-15(13)19-16/h5-6,8,11,14,18H,3-4,7,9-10H2,1-2H3. The molecular weight excluding hydrogens is 302 g/mol. The molecule has 3 rings (SSSR count). The maximum absolute atomic E-state index is 6.47. The molecule has 1 aliphatic heterocycles. The molecule has 2 nitrogen and oxygen atoms in total. The lowest BCUT2D eigenvalue weighted by molar-refractivity contribution is -0.0173. The van der Waals surface area contributed by atoms with Crippen LogP contribution in [0.25, 0.3) is 0 Å². The van der Waals surface area contributed by atoms with E-state index in [0.29, 0.717) is 6.04 Å². The zero-order valence-electron chi connectivity index (χ0n) is 11.7. The van der Waals surface area contributed by atoms with E-state index in [1.165, 1.54) is 31.2 Å². The molecule has 104 valence electrons. The molecule has 0 radical (unpaired) electrons. The third-order valence-electron chi connectivity index (χ3n) is 4.65. The molecule has 1 fully saturated rings. The van der Waals surface area contributed by atoms with Gasteiger partial charge in [0.25, 0.3) is 0 Å². The van der Waals surface area contributed by atoms with E-state index in [2.05, 4.69) is 53.4 Å². The fraction of sp³-hybridized carbons (Fsp3) is 0.625. The van der Waals surface area contributed by atoms with Crippen LogP contribution in [-0.4, -0.2) is 12.6 Å². The Balaban J connectivity index is 1.96. The average Bonchev–Trinajstić information content (AvgIpc) is 2.37. The minimum atomic E-state index is 0.0547. The second-order valence-electron chi connectivity index (χ2n) is 6.21. The first-order valence-electron chi connectivity index (χ1n) is 7.28. The van der Waals surface area contributed by atoms with Gasteiger partial charge < -0.3 is 10.1 Å². The van der Waals surface area contributed by atoms with E-state index >= 15 is 0 Å². The van der Waals surface area contributed by atoms with Crippen molar-refractivity contribution in [1.82, 2.24) is 5.32 Å². The Bertz CT molecular complexity index is 476. The average molecular weight is 324 g/mol. The summed E-state index contributed by atoms with van der Waals surface area (Å²) in [5.74, 6) is 1.84. The van der Waals surface area contributed by atoms with Crippen molar-refractivity contribution in [2.45, 2.75) is 50.7 Å². The molecule has 1 saturated carbocycles. The van der Waals surface area contributed by atoms with E-state index in [1.54, 1.807) is 0 Å². The molecule has 1 aromatic rings. The maximum atomic E-state index is 6.47. The number of halogens is 1. The first kappa shape index (κ1) is 13.4. The molecule has 3 unspecified atom stereocenters. The highest BCUT2D eigenvalue weighted by Gasteiger charge is 2.43. The van der Waals surface area contributed by atoms with Gasteiger partial charge in [-0.2, -0.15) is 0 Å². The second kappa shape index (κ2) is 5.10. The molecule has 1 spiro atoms. The molecular formula is C16H22BrNO. The molecule has 0 bridgehead atoms. The van der Waals surface area contributed by atoms with Crippen LogP contribution in [0.2, 0.25) is 0 Å². The number of rotatable bonds is 1. The Morgan fingerprint density at radius 1 is 1.37 bits per heavy atom. The lowest BCUT2D eigenvalue weighted by atomic mass is 9.73. The monoisotopic (exact) mass is 323 g/mol. The fourth-order valence-corrected chi connectivity index (χ4v) is 4.13. The van der Waals surface area contributed by atoms with Crippen LogP contribution in [0.5, 0.6) is 5.75 Å². The fourth-order valence-electron chi connectivity index (χ4n) is 3.79. The summed E-state index contributed by atoms with van der Waals surface area (Å²) in [6.45, 7) is 2.36. The molecule has 0 saturated heterocycles. The summed E-state index contributed by atoms with van der Waals surface area (Å²) in [6, 6.07) is 6.83. The third-order valence-corrected chi connectivity index (χ3v) is 5.15. The third kappa shape index (κ3) is 2.55. The van der Waals surface area contributed by atoms with Gasteiger partial charge in [0.05, 0.1) is 0 Å². The van der Waals surface area contributed by atoms with Gasteiger partial charge in [-0.1, -0.05) is 35.3 Å². The minimum Gasteiger partial charge on any atom is -0.487 e.